The van der Waals surface area contributed by atoms with Gasteiger partial charge in [-0.25, -0.2) is 9.66 Å². The molecule has 0 aliphatic heterocycles. The summed E-state index contributed by atoms with van der Waals surface area (Å²) in [4.78, 5) is 4.07. The van der Waals surface area contributed by atoms with E-state index >= 15 is 0 Å². The van der Waals surface area contributed by atoms with Crippen LogP contribution >= 0.6 is 0 Å². The van der Waals surface area contributed by atoms with Crippen LogP contribution < -0.4 is 0 Å². The van der Waals surface area contributed by atoms with E-state index < -0.39 is 0 Å². The second-order valence-electron chi connectivity index (χ2n) is 3.52. The summed E-state index contributed by atoms with van der Waals surface area (Å²) in [6.07, 6.45) is 4.70. The van der Waals surface area contributed by atoms with Crippen molar-refractivity contribution in [1.82, 2.24) is 9.66 Å². The van der Waals surface area contributed by atoms with Gasteiger partial charge in [0.15, 0.2) is 5.82 Å². The van der Waals surface area contributed by atoms with Crippen molar-refractivity contribution in [3.8, 4) is 0 Å². The molecule has 0 atom stereocenters. The van der Waals surface area contributed by atoms with Crippen LogP contribution in [0.4, 0.5) is 5.82 Å². The number of hydrogen-bond acceptors (Lipinski definition) is 3. The van der Waals surface area contributed by atoms with Gasteiger partial charge in [0.05, 0.1) is 11.7 Å². The van der Waals surface area contributed by atoms with Crippen molar-refractivity contribution in [3.05, 3.63) is 60.9 Å². The summed E-state index contributed by atoms with van der Waals surface area (Å²) in [7, 11) is 0. The van der Waals surface area contributed by atoms with Crippen molar-refractivity contribution in [2.24, 2.45) is 10.3 Å². The second kappa shape index (κ2) is 4.17. The summed E-state index contributed by atoms with van der Waals surface area (Å²) >= 11 is 0. The summed E-state index contributed by atoms with van der Waals surface area (Å²) in [5.74, 6) is 0.582. The minimum Gasteiger partial charge on any atom is -0.236 e. The van der Waals surface area contributed by atoms with Gasteiger partial charge in [-0.15, -0.1) is 5.11 Å². The van der Waals surface area contributed by atoms with E-state index in [1.54, 1.807) is 16.9 Å². The molecule has 0 saturated heterocycles. The second-order valence-corrected chi connectivity index (χ2v) is 3.52. The van der Waals surface area contributed by atoms with E-state index in [1.165, 1.54) is 0 Å². The molecule has 0 saturated carbocycles. The topological polar surface area (TPSA) is 42.5 Å². The molecule has 17 heavy (non-hydrogen) atoms. The number of benzene rings is 1. The van der Waals surface area contributed by atoms with Crippen molar-refractivity contribution in [2.45, 2.75) is 0 Å². The van der Waals surface area contributed by atoms with Crippen LogP contribution in [0, 0.1) is 6.20 Å². The first-order chi connectivity index (χ1) is 8.43. The fourth-order valence-corrected chi connectivity index (χ4v) is 1.58. The van der Waals surface area contributed by atoms with E-state index in [1.807, 2.05) is 42.5 Å². The van der Waals surface area contributed by atoms with Crippen LogP contribution in [0.5, 0.6) is 0 Å². The molecule has 2 aromatic heterocycles. The lowest BCUT2D eigenvalue weighted by molar-refractivity contribution is 0.828. The number of para-hydroxylation sites is 1. The highest BCUT2D eigenvalue weighted by molar-refractivity contribution is 5.79. The SMILES string of the molecule is [c]1cc2ccccc2n1/N=N/c1ccccn1. The highest BCUT2D eigenvalue weighted by Gasteiger charge is 1.98. The Kier molecular flexibility index (Phi) is 2.38. The Hall–Kier alpha value is -2.49. The van der Waals surface area contributed by atoms with Crippen molar-refractivity contribution < 1.29 is 0 Å². The van der Waals surface area contributed by atoms with Crippen LogP contribution in [-0.2, 0) is 0 Å². The molecule has 0 aliphatic rings. The maximum atomic E-state index is 4.09. The first kappa shape index (κ1) is 9.72. The molecule has 4 heteroatoms. The lowest BCUT2D eigenvalue weighted by Crippen LogP contribution is -1.83. The molecule has 0 unspecified atom stereocenters. The van der Waals surface area contributed by atoms with Crippen LogP contribution in [0.1, 0.15) is 0 Å². The van der Waals surface area contributed by atoms with Crippen molar-refractivity contribution >= 4 is 16.7 Å². The molecule has 1 aromatic carbocycles. The molecule has 0 aliphatic carbocycles. The zero-order chi connectivity index (χ0) is 11.5. The first-order valence-corrected chi connectivity index (χ1v) is 5.25. The third kappa shape index (κ3) is 1.92. The molecular formula is C13H9N4. The highest BCUT2D eigenvalue weighted by Crippen LogP contribution is 2.15. The lowest BCUT2D eigenvalue weighted by atomic mass is 10.3. The summed E-state index contributed by atoms with van der Waals surface area (Å²) in [6, 6.07) is 15.3. The van der Waals surface area contributed by atoms with Crippen molar-refractivity contribution in [2.75, 3.05) is 0 Å². The molecule has 3 rings (SSSR count). The number of fused-ring (bicyclic) bond motifs is 1. The average molecular weight is 221 g/mol. The molecule has 4 nitrogen and oxygen atoms in total. The Morgan fingerprint density at radius 3 is 2.82 bits per heavy atom. The molecule has 0 N–H and O–H groups in total. The smallest absolute Gasteiger partial charge is 0.176 e. The van der Waals surface area contributed by atoms with Crippen LogP contribution in [-0.4, -0.2) is 9.66 Å². The van der Waals surface area contributed by atoms with E-state index in [0.717, 1.165) is 10.9 Å². The van der Waals surface area contributed by atoms with Crippen LogP contribution in [0.15, 0.2) is 65.1 Å². The Morgan fingerprint density at radius 2 is 1.94 bits per heavy atom. The highest BCUT2D eigenvalue weighted by atomic mass is 15.5. The van der Waals surface area contributed by atoms with Gasteiger partial charge in [-0.2, -0.15) is 0 Å². The molecule has 0 spiro atoms. The number of aromatic nitrogens is 2. The van der Waals surface area contributed by atoms with E-state index in [2.05, 4.69) is 21.5 Å². The molecule has 0 amide bonds. The predicted octanol–water partition coefficient (Wildman–Crippen LogP) is 3.38. The van der Waals surface area contributed by atoms with Gasteiger partial charge in [-0.3, -0.25) is 0 Å². The standard InChI is InChI=1S/C13H9N4/c1-2-6-12-11(5-1)8-10-17(12)16-15-13-7-3-4-9-14-13/h1-9H/b16-15+. The van der Waals surface area contributed by atoms with Crippen LogP contribution in [0.2, 0.25) is 0 Å². The lowest BCUT2D eigenvalue weighted by Gasteiger charge is -1.94. The Morgan fingerprint density at radius 1 is 1.06 bits per heavy atom. The fourth-order valence-electron chi connectivity index (χ4n) is 1.58. The average Bonchev–Trinajstić information content (AvgIpc) is 2.81. The van der Waals surface area contributed by atoms with Crippen LogP contribution in [0.3, 0.4) is 0 Å². The van der Waals surface area contributed by atoms with Gasteiger partial charge >= 0.3 is 0 Å². The largest absolute Gasteiger partial charge is 0.236 e. The number of hydrogen-bond donors (Lipinski definition) is 0. The maximum absolute atomic E-state index is 4.09. The van der Waals surface area contributed by atoms with Crippen LogP contribution in [0.25, 0.3) is 10.9 Å². The zero-order valence-corrected chi connectivity index (χ0v) is 8.99. The molecule has 0 bridgehead atoms. The molecule has 0 fully saturated rings. The van der Waals surface area contributed by atoms with Gasteiger partial charge in [0.25, 0.3) is 0 Å². The van der Waals surface area contributed by atoms with Gasteiger partial charge in [-0.05, 0) is 24.3 Å². The third-order valence-corrected chi connectivity index (χ3v) is 2.39. The number of pyridine rings is 1. The van der Waals surface area contributed by atoms with Crippen molar-refractivity contribution in [1.29, 1.82) is 0 Å². The summed E-state index contributed by atoms with van der Waals surface area (Å²) in [6.45, 7) is 0. The van der Waals surface area contributed by atoms with E-state index in [4.69, 9.17) is 0 Å². The van der Waals surface area contributed by atoms with E-state index in [9.17, 15) is 0 Å². The van der Waals surface area contributed by atoms with Gasteiger partial charge < -0.3 is 0 Å². The van der Waals surface area contributed by atoms with E-state index in [0.29, 0.717) is 5.82 Å². The zero-order valence-electron chi connectivity index (χ0n) is 8.99. The monoisotopic (exact) mass is 221 g/mol. The quantitative estimate of drug-likeness (QED) is 0.611. The normalized spacial score (nSPS) is 11.3. The Bertz CT molecular complexity index is 655. The summed E-state index contributed by atoms with van der Waals surface area (Å²) < 4.78 is 1.62. The van der Waals surface area contributed by atoms with Gasteiger partial charge in [0, 0.05) is 11.6 Å². The number of rotatable bonds is 2. The van der Waals surface area contributed by atoms with E-state index in [-0.39, 0.29) is 0 Å². The Labute approximate surface area is 98.2 Å². The minimum absolute atomic E-state index is 0.582. The first-order valence-electron chi connectivity index (χ1n) is 5.25. The maximum Gasteiger partial charge on any atom is 0.176 e. The van der Waals surface area contributed by atoms with Gasteiger partial charge in [-0.1, -0.05) is 29.5 Å². The minimum atomic E-state index is 0.582. The van der Waals surface area contributed by atoms with Gasteiger partial charge in [0.1, 0.15) is 0 Å². The summed E-state index contributed by atoms with van der Waals surface area (Å²) in [5, 5.41) is 9.22. The van der Waals surface area contributed by atoms with Crippen molar-refractivity contribution in [3.63, 3.8) is 0 Å². The molecule has 1 radical (unpaired) electrons. The molecular weight excluding hydrogens is 212 g/mol. The summed E-state index contributed by atoms with van der Waals surface area (Å²) in [5.41, 5.74) is 0.979. The Balaban J connectivity index is 1.98. The predicted molar refractivity (Wildman–Crippen MR) is 64.9 cm³/mol. The number of nitrogens with zero attached hydrogens (tertiary/aromatic N) is 4. The molecule has 2 heterocycles. The van der Waals surface area contributed by atoms with Gasteiger partial charge in [0.2, 0.25) is 0 Å². The third-order valence-electron chi connectivity index (χ3n) is 2.39. The molecule has 81 valence electrons. The fraction of sp³-hybridized carbons (Fsp3) is 0. The molecule has 3 aromatic rings.